The molecule has 0 spiro atoms. The molecule has 0 saturated heterocycles. The molecule has 0 aliphatic rings. The van der Waals surface area contributed by atoms with Gasteiger partial charge in [0.05, 0.1) is 34.7 Å². The van der Waals surface area contributed by atoms with Gasteiger partial charge in [-0.3, -0.25) is 0 Å². The summed E-state index contributed by atoms with van der Waals surface area (Å²) < 4.78 is 6.72. The van der Waals surface area contributed by atoms with Gasteiger partial charge in [0.1, 0.15) is 11.4 Å². The molecule has 0 radical (unpaired) electrons. The minimum absolute atomic E-state index is 0.331. The van der Waals surface area contributed by atoms with Gasteiger partial charge in [-0.25, -0.2) is 9.48 Å². The molecule has 6 nitrogen and oxygen atoms in total. The summed E-state index contributed by atoms with van der Waals surface area (Å²) in [4.78, 5) is 12.7. The Morgan fingerprint density at radius 3 is 2.22 bits per heavy atom. The van der Waals surface area contributed by atoms with Crippen LogP contribution in [0.5, 0.6) is 5.75 Å². The molecule has 3 aromatic carbocycles. The second kappa shape index (κ2) is 9.53. The van der Waals surface area contributed by atoms with Gasteiger partial charge in [0.2, 0.25) is 0 Å². The summed E-state index contributed by atoms with van der Waals surface area (Å²) in [5, 5.41) is 11.2. The van der Waals surface area contributed by atoms with Crippen LogP contribution in [0.3, 0.4) is 0 Å². The van der Waals surface area contributed by atoms with E-state index in [2.05, 4.69) is 15.7 Å². The fourth-order valence-corrected chi connectivity index (χ4v) is 4.16. The topological polar surface area (TPSA) is 68.2 Å². The number of urea groups is 1. The van der Waals surface area contributed by atoms with Crippen molar-refractivity contribution in [3.63, 3.8) is 0 Å². The summed E-state index contributed by atoms with van der Waals surface area (Å²) in [6.45, 7) is 0. The zero-order valence-electron chi connectivity index (χ0n) is 16.8. The number of ether oxygens (including phenoxy) is 1. The fourth-order valence-electron chi connectivity index (χ4n) is 3.18. The lowest BCUT2D eigenvalue weighted by Crippen LogP contribution is -2.19. The Kier molecular flexibility index (Phi) is 6.55. The molecule has 2 N–H and O–H groups in total. The van der Waals surface area contributed by atoms with Crippen molar-refractivity contribution >= 4 is 52.2 Å². The molecule has 0 atom stereocenters. The van der Waals surface area contributed by atoms with Crippen molar-refractivity contribution < 1.29 is 9.53 Å². The van der Waals surface area contributed by atoms with Crippen molar-refractivity contribution in [2.45, 2.75) is 0 Å². The van der Waals surface area contributed by atoms with Crippen LogP contribution in [0.15, 0.2) is 72.9 Å². The third-order valence-corrected chi connectivity index (χ3v) is 5.40. The predicted molar refractivity (Wildman–Crippen MR) is 130 cm³/mol. The highest BCUT2D eigenvalue weighted by molar-refractivity contribution is 6.40. The first-order chi connectivity index (χ1) is 15.5. The van der Waals surface area contributed by atoms with Crippen LogP contribution in [0.1, 0.15) is 0 Å². The molecule has 1 aromatic heterocycles. The Hall–Kier alpha value is -3.19. The minimum Gasteiger partial charge on any atom is -0.497 e. The van der Waals surface area contributed by atoms with Crippen LogP contribution in [-0.4, -0.2) is 22.9 Å². The molecule has 32 heavy (non-hydrogen) atoms. The van der Waals surface area contributed by atoms with E-state index in [1.807, 2.05) is 30.3 Å². The molecule has 9 heteroatoms. The second-order valence-corrected chi connectivity index (χ2v) is 7.96. The van der Waals surface area contributed by atoms with Gasteiger partial charge in [0.25, 0.3) is 0 Å². The van der Waals surface area contributed by atoms with E-state index >= 15 is 0 Å². The lowest BCUT2D eigenvalue weighted by atomic mass is 10.1. The van der Waals surface area contributed by atoms with E-state index in [1.54, 1.807) is 48.2 Å². The molecule has 4 rings (SSSR count). The van der Waals surface area contributed by atoms with Crippen molar-refractivity contribution in [1.29, 1.82) is 0 Å². The van der Waals surface area contributed by atoms with E-state index in [4.69, 9.17) is 39.5 Å². The fraction of sp³-hybridized carbons (Fsp3) is 0.0435. The molecule has 162 valence electrons. The van der Waals surface area contributed by atoms with Crippen LogP contribution >= 0.6 is 34.8 Å². The van der Waals surface area contributed by atoms with Gasteiger partial charge in [-0.2, -0.15) is 5.10 Å². The van der Waals surface area contributed by atoms with Crippen molar-refractivity contribution in [3.8, 4) is 22.7 Å². The molecule has 0 aliphatic carbocycles. The highest BCUT2D eigenvalue weighted by Crippen LogP contribution is 2.37. The zero-order chi connectivity index (χ0) is 22.7. The third kappa shape index (κ3) is 4.67. The van der Waals surface area contributed by atoms with Crippen LogP contribution in [-0.2, 0) is 0 Å². The highest BCUT2D eigenvalue weighted by atomic mass is 35.5. The standard InChI is InChI=1S/C23H17Cl3N4O2/c1-32-17-9-7-16(8-10-17)28-23(31)29-20-13-27-30(21(20)14-5-3-2-4-6-14)22-18(25)11-15(24)12-19(22)26/h2-13H,1H3,(H2,28,29,31). The van der Waals surface area contributed by atoms with Crippen molar-refractivity contribution in [1.82, 2.24) is 9.78 Å². The minimum atomic E-state index is -0.430. The van der Waals surface area contributed by atoms with Crippen LogP contribution in [0.25, 0.3) is 16.9 Å². The van der Waals surface area contributed by atoms with E-state index in [0.29, 0.717) is 43.6 Å². The van der Waals surface area contributed by atoms with Crippen molar-refractivity contribution in [2.75, 3.05) is 17.7 Å². The maximum atomic E-state index is 12.7. The van der Waals surface area contributed by atoms with Gasteiger partial charge in [0.15, 0.2) is 0 Å². The molecule has 0 aliphatic heterocycles. The SMILES string of the molecule is COc1ccc(NC(=O)Nc2cnn(-c3c(Cl)cc(Cl)cc3Cl)c2-c2ccccc2)cc1. The maximum absolute atomic E-state index is 12.7. The molecule has 0 saturated carbocycles. The van der Waals surface area contributed by atoms with Gasteiger partial charge in [-0.1, -0.05) is 65.1 Å². The zero-order valence-corrected chi connectivity index (χ0v) is 19.0. The number of halogens is 3. The smallest absolute Gasteiger partial charge is 0.323 e. The number of aromatic nitrogens is 2. The summed E-state index contributed by atoms with van der Waals surface area (Å²) in [5.41, 5.74) is 2.97. The Morgan fingerprint density at radius 1 is 0.938 bits per heavy atom. The molecule has 0 fully saturated rings. The number of anilines is 2. The quantitative estimate of drug-likeness (QED) is 0.314. The number of hydrogen-bond donors (Lipinski definition) is 2. The summed E-state index contributed by atoms with van der Waals surface area (Å²) in [5.74, 6) is 0.695. The third-order valence-electron chi connectivity index (χ3n) is 4.61. The number of methoxy groups -OCH3 is 1. The molecular formula is C23H17Cl3N4O2. The molecule has 1 heterocycles. The van der Waals surface area contributed by atoms with Gasteiger partial charge >= 0.3 is 6.03 Å². The lowest BCUT2D eigenvalue weighted by molar-refractivity contribution is 0.262. The van der Waals surface area contributed by atoms with Gasteiger partial charge in [-0.05, 0) is 36.4 Å². The van der Waals surface area contributed by atoms with E-state index in [0.717, 1.165) is 5.56 Å². The van der Waals surface area contributed by atoms with Crippen LogP contribution in [0, 0.1) is 0 Å². The molecule has 0 unspecified atom stereocenters. The van der Waals surface area contributed by atoms with Crippen LogP contribution in [0.2, 0.25) is 15.1 Å². The van der Waals surface area contributed by atoms with Crippen molar-refractivity contribution in [3.05, 3.63) is 88.0 Å². The Bertz CT molecular complexity index is 1240. The van der Waals surface area contributed by atoms with E-state index in [1.165, 1.54) is 6.20 Å². The summed E-state index contributed by atoms with van der Waals surface area (Å²) in [6.07, 6.45) is 1.54. The summed E-state index contributed by atoms with van der Waals surface area (Å²) >= 11 is 18.9. The number of carbonyl (C=O) groups excluding carboxylic acids is 1. The molecule has 2 amide bonds. The van der Waals surface area contributed by atoms with Crippen LogP contribution < -0.4 is 15.4 Å². The maximum Gasteiger partial charge on any atom is 0.323 e. The largest absolute Gasteiger partial charge is 0.497 e. The second-order valence-electron chi connectivity index (χ2n) is 6.71. The Balaban J connectivity index is 1.71. The molecule has 0 bridgehead atoms. The normalized spacial score (nSPS) is 10.6. The monoisotopic (exact) mass is 486 g/mol. The molecule has 4 aromatic rings. The van der Waals surface area contributed by atoms with E-state index in [-0.39, 0.29) is 0 Å². The number of amides is 2. The number of hydrogen-bond acceptors (Lipinski definition) is 3. The summed E-state index contributed by atoms with van der Waals surface area (Å²) in [6, 6.07) is 19.2. The first-order valence-electron chi connectivity index (χ1n) is 9.46. The van der Waals surface area contributed by atoms with E-state index in [9.17, 15) is 4.79 Å². The van der Waals surface area contributed by atoms with Gasteiger partial charge in [0, 0.05) is 16.3 Å². The average Bonchev–Trinajstić information content (AvgIpc) is 3.17. The number of carbonyl (C=O) groups is 1. The number of nitrogens with one attached hydrogen (secondary N) is 2. The molecular weight excluding hydrogens is 471 g/mol. The van der Waals surface area contributed by atoms with Gasteiger partial charge < -0.3 is 15.4 Å². The summed E-state index contributed by atoms with van der Waals surface area (Å²) in [7, 11) is 1.58. The predicted octanol–water partition coefficient (Wildman–Crippen LogP) is 7.15. The van der Waals surface area contributed by atoms with Crippen LogP contribution in [0.4, 0.5) is 16.2 Å². The van der Waals surface area contributed by atoms with Gasteiger partial charge in [-0.15, -0.1) is 0 Å². The lowest BCUT2D eigenvalue weighted by Gasteiger charge is -2.14. The highest BCUT2D eigenvalue weighted by Gasteiger charge is 2.20. The Morgan fingerprint density at radius 2 is 1.59 bits per heavy atom. The Labute approximate surface area is 199 Å². The number of nitrogens with zero attached hydrogens (tertiary/aromatic N) is 2. The number of rotatable bonds is 5. The van der Waals surface area contributed by atoms with Crippen molar-refractivity contribution in [2.24, 2.45) is 0 Å². The first kappa shape index (κ1) is 22.0. The average molecular weight is 488 g/mol. The number of benzene rings is 3. The van der Waals surface area contributed by atoms with E-state index < -0.39 is 6.03 Å². The first-order valence-corrected chi connectivity index (χ1v) is 10.6.